The van der Waals surface area contributed by atoms with Gasteiger partial charge in [-0.15, -0.1) is 0 Å². The summed E-state index contributed by atoms with van der Waals surface area (Å²) in [6.45, 7) is 3.63. The maximum Gasteiger partial charge on any atom is 0.217 e. The van der Waals surface area contributed by atoms with Crippen molar-refractivity contribution in [1.82, 2.24) is 5.32 Å². The van der Waals surface area contributed by atoms with Crippen LogP contribution >= 0.6 is 0 Å². The Labute approximate surface area is 414 Å². The Hall–Kier alpha value is -4.99. The molecule has 3 aliphatic rings. The number of benzene rings is 5. The van der Waals surface area contributed by atoms with Crippen LogP contribution in [-0.2, 0) is 85.2 Å². The Balaban J connectivity index is 1.13. The Morgan fingerprint density at radius 2 is 0.887 bits per heavy atom. The number of carbonyl (C=O) groups is 1. The van der Waals surface area contributed by atoms with Crippen LogP contribution in [-0.4, -0.2) is 132 Å². The second-order valence-corrected chi connectivity index (χ2v) is 18.0. The number of rotatable bonds is 22. The monoisotopic (exact) mass is 979 g/mol. The zero-order valence-electron chi connectivity index (χ0n) is 39.8. The molecule has 3 saturated heterocycles. The van der Waals surface area contributed by atoms with Crippen molar-refractivity contribution in [3.63, 3.8) is 0 Å². The van der Waals surface area contributed by atoms with Gasteiger partial charge in [-0.25, -0.2) is 0 Å². The van der Waals surface area contributed by atoms with Crippen LogP contribution in [0.2, 0.25) is 0 Å². The first-order valence-corrected chi connectivity index (χ1v) is 24.1. The molecule has 1 amide bonds. The lowest BCUT2D eigenvalue weighted by molar-refractivity contribution is -0.377. The lowest BCUT2D eigenvalue weighted by Gasteiger charge is -2.50. The molecule has 0 radical (unpaired) electrons. The van der Waals surface area contributed by atoms with Gasteiger partial charge in [-0.3, -0.25) is 4.79 Å². The molecule has 5 aromatic rings. The minimum atomic E-state index is -1.79. The summed E-state index contributed by atoms with van der Waals surface area (Å²) in [6.07, 6.45) is -18.0. The van der Waals surface area contributed by atoms with E-state index in [-0.39, 0.29) is 46.2 Å². The smallest absolute Gasteiger partial charge is 0.217 e. The van der Waals surface area contributed by atoms with Gasteiger partial charge in [0.2, 0.25) is 5.91 Å². The fourth-order valence-electron chi connectivity index (χ4n) is 8.96. The van der Waals surface area contributed by atoms with E-state index in [4.69, 9.17) is 47.4 Å². The lowest BCUT2D eigenvalue weighted by Crippen LogP contribution is -2.69. The van der Waals surface area contributed by atoms with E-state index in [1.807, 2.05) is 159 Å². The third kappa shape index (κ3) is 14.4. The van der Waals surface area contributed by atoms with Gasteiger partial charge < -0.3 is 73.1 Å². The number of hydrogen-bond acceptors (Lipinski definition) is 15. The van der Waals surface area contributed by atoms with Crippen molar-refractivity contribution in [3.8, 4) is 0 Å². The number of hydrogen-bond donors (Lipinski definition) is 5. The van der Waals surface area contributed by atoms with Crippen molar-refractivity contribution in [3.05, 3.63) is 179 Å². The summed E-state index contributed by atoms with van der Waals surface area (Å²) in [5, 5.41) is 48.5. The maximum absolute atomic E-state index is 13.0. The van der Waals surface area contributed by atoms with E-state index in [0.717, 1.165) is 27.8 Å². The molecular weight excluding hydrogens is 915 g/mol. The zero-order valence-corrected chi connectivity index (χ0v) is 39.8. The van der Waals surface area contributed by atoms with E-state index in [1.165, 1.54) is 6.92 Å². The van der Waals surface area contributed by atoms with Gasteiger partial charge in [0.1, 0.15) is 67.1 Å². The average molecular weight is 980 g/mol. The molecule has 8 rings (SSSR count). The van der Waals surface area contributed by atoms with Crippen molar-refractivity contribution < 1.29 is 72.6 Å². The number of nitrogens with one attached hydrogen (secondary N) is 1. The van der Waals surface area contributed by atoms with Crippen LogP contribution in [0, 0.1) is 0 Å². The molecule has 16 heteroatoms. The molecule has 0 aliphatic carbocycles. The molecule has 380 valence electrons. The summed E-state index contributed by atoms with van der Waals surface area (Å²) in [7, 11) is 0. The third-order valence-electron chi connectivity index (χ3n) is 12.7. The lowest BCUT2D eigenvalue weighted by atomic mass is 9.94. The summed E-state index contributed by atoms with van der Waals surface area (Å²) in [4.78, 5) is 13.0. The van der Waals surface area contributed by atoms with E-state index in [2.05, 4.69) is 5.32 Å². The van der Waals surface area contributed by atoms with Gasteiger partial charge in [-0.2, -0.15) is 0 Å². The summed E-state index contributed by atoms with van der Waals surface area (Å²) in [5.74, 6) is -0.528. The van der Waals surface area contributed by atoms with Crippen LogP contribution in [0.15, 0.2) is 152 Å². The van der Waals surface area contributed by atoms with Gasteiger partial charge >= 0.3 is 0 Å². The van der Waals surface area contributed by atoms with E-state index in [0.29, 0.717) is 0 Å². The van der Waals surface area contributed by atoms with Crippen LogP contribution in [0.1, 0.15) is 41.7 Å². The van der Waals surface area contributed by atoms with Crippen LogP contribution in [0.5, 0.6) is 0 Å². The molecular formula is C55H65NO15. The molecule has 3 fully saturated rings. The number of aliphatic hydroxyl groups is 4. The molecule has 0 aromatic heterocycles. The van der Waals surface area contributed by atoms with Crippen LogP contribution in [0.4, 0.5) is 0 Å². The van der Waals surface area contributed by atoms with Crippen molar-refractivity contribution in [1.29, 1.82) is 0 Å². The first-order valence-electron chi connectivity index (χ1n) is 24.1. The summed E-state index contributed by atoms with van der Waals surface area (Å²) in [5.41, 5.74) is 4.43. The van der Waals surface area contributed by atoms with Crippen molar-refractivity contribution >= 4 is 5.91 Å². The van der Waals surface area contributed by atoms with E-state index in [1.54, 1.807) is 0 Å². The predicted octanol–water partition coefficient (Wildman–Crippen LogP) is 4.72. The molecule has 5 aromatic carbocycles. The Kier molecular flexibility index (Phi) is 19.2. The maximum atomic E-state index is 13.0. The average Bonchev–Trinajstić information content (AvgIpc) is 3.39. The Bertz CT molecular complexity index is 2300. The van der Waals surface area contributed by atoms with Crippen molar-refractivity contribution in [2.75, 3.05) is 13.2 Å². The molecule has 0 spiro atoms. The van der Waals surface area contributed by atoms with Crippen LogP contribution < -0.4 is 5.32 Å². The first-order chi connectivity index (χ1) is 34.6. The number of aliphatic hydroxyl groups excluding tert-OH is 4. The number of amides is 1. The predicted molar refractivity (Wildman–Crippen MR) is 256 cm³/mol. The van der Waals surface area contributed by atoms with Gasteiger partial charge in [0.15, 0.2) is 18.9 Å². The van der Waals surface area contributed by atoms with E-state index in [9.17, 15) is 25.2 Å². The first kappa shape index (κ1) is 52.3. The van der Waals surface area contributed by atoms with Gasteiger partial charge in [-0.05, 0) is 34.7 Å². The largest absolute Gasteiger partial charge is 0.387 e. The summed E-state index contributed by atoms with van der Waals surface area (Å²) in [6, 6.07) is 46.5. The molecule has 3 aliphatic heterocycles. The minimum absolute atomic E-state index is 0.108. The number of ether oxygens (including phenoxy) is 10. The molecule has 0 saturated carbocycles. The number of carbonyl (C=O) groups excluding carboxylic acids is 1. The van der Waals surface area contributed by atoms with Crippen LogP contribution in [0.25, 0.3) is 0 Å². The summed E-state index contributed by atoms with van der Waals surface area (Å²) < 4.78 is 65.4. The quantitative estimate of drug-likeness (QED) is 0.0638. The van der Waals surface area contributed by atoms with Crippen molar-refractivity contribution in [2.45, 2.75) is 139 Å². The fourth-order valence-corrected chi connectivity index (χ4v) is 8.96. The second-order valence-electron chi connectivity index (χ2n) is 18.0. The van der Waals surface area contributed by atoms with Gasteiger partial charge in [0.25, 0.3) is 0 Å². The topological polar surface area (TPSA) is 202 Å². The van der Waals surface area contributed by atoms with Gasteiger partial charge in [0.05, 0.1) is 52.4 Å². The molecule has 5 N–H and O–H groups in total. The third-order valence-corrected chi connectivity index (χ3v) is 12.7. The summed E-state index contributed by atoms with van der Waals surface area (Å²) >= 11 is 0. The fraction of sp³-hybridized carbons (Fsp3) is 0.436. The SMILES string of the molecule is CC(=O)N[C@@H]1[C@@H](O[C@@H]2O[C@@H](C)[C@@H](OCc3ccccc3)[C@@H](OCc3ccccc3)[C@@H]2OCc2ccccc2)[C@H](O[C@@H]2O[C@H](COCc3ccccc3)[C@H](O)[C@H](O)[C@H]2O)[C@@H](COCc2ccccc2)O[C@H]1O. The zero-order chi connectivity index (χ0) is 49.5. The Morgan fingerprint density at radius 1 is 0.465 bits per heavy atom. The van der Waals surface area contributed by atoms with E-state index < -0.39 is 98.0 Å². The van der Waals surface area contributed by atoms with Crippen LogP contribution in [0.3, 0.4) is 0 Å². The highest BCUT2D eigenvalue weighted by molar-refractivity contribution is 5.73. The highest BCUT2D eigenvalue weighted by Gasteiger charge is 2.55. The Morgan fingerprint density at radius 3 is 1.37 bits per heavy atom. The van der Waals surface area contributed by atoms with Gasteiger partial charge in [0, 0.05) is 6.92 Å². The molecule has 3 heterocycles. The highest BCUT2D eigenvalue weighted by atomic mass is 16.8. The molecule has 0 unspecified atom stereocenters. The molecule has 15 atom stereocenters. The van der Waals surface area contributed by atoms with Gasteiger partial charge in [-0.1, -0.05) is 152 Å². The standard InChI is InChI=1S/C55H65NO15/c1-35-48(64-30-39-22-12-5-13-23-39)51(65-31-40-24-14-6-15-25-40)52(66-32-41-26-16-7-17-27-41)55(67-35)71-50-44(56-36(2)57)53(61)68-43(34-63-29-38-20-10-4-11-21-38)49(50)70-54-47(60)46(59)45(58)42(69-54)33-62-28-37-18-8-3-9-19-37/h3-27,35,42-55,58-61H,28-34H2,1-2H3,(H,56,57)/t35-,42+,43+,44+,45-,46-,47+,48+,49+,50+,51+,52-,53+,54-,55-/m0/s1. The molecule has 0 bridgehead atoms. The second kappa shape index (κ2) is 26.1. The van der Waals surface area contributed by atoms with E-state index >= 15 is 0 Å². The highest BCUT2D eigenvalue weighted by Crippen LogP contribution is 2.36. The molecule has 71 heavy (non-hydrogen) atoms. The normalized spacial score (nSPS) is 30.9. The molecule has 16 nitrogen and oxygen atoms in total. The minimum Gasteiger partial charge on any atom is -0.387 e. The van der Waals surface area contributed by atoms with Crippen molar-refractivity contribution in [2.24, 2.45) is 0 Å².